The van der Waals surface area contributed by atoms with Crippen LogP contribution in [0.2, 0.25) is 0 Å². The van der Waals surface area contributed by atoms with Crippen molar-refractivity contribution in [2.45, 2.75) is 6.92 Å². The molecule has 0 saturated carbocycles. The third-order valence-electron chi connectivity index (χ3n) is 5.08. The minimum atomic E-state index is 1.21. The predicted molar refractivity (Wildman–Crippen MR) is 116 cm³/mol. The number of aromatic amines is 2. The molecule has 0 fully saturated rings. The monoisotopic (exact) mass is 348 g/mol. The van der Waals surface area contributed by atoms with E-state index >= 15 is 0 Å². The molecule has 0 amide bonds. The van der Waals surface area contributed by atoms with Crippen LogP contribution >= 0.6 is 0 Å². The molecule has 2 heterocycles. The molecule has 2 heteroatoms. The maximum Gasteiger partial charge on any atom is 0.0465 e. The van der Waals surface area contributed by atoms with E-state index in [2.05, 4.69) is 108 Å². The van der Waals surface area contributed by atoms with E-state index in [-0.39, 0.29) is 0 Å². The van der Waals surface area contributed by atoms with Crippen molar-refractivity contribution in [3.63, 3.8) is 0 Å². The Morgan fingerprint density at radius 2 is 0.852 bits per heavy atom. The largest absolute Gasteiger partial charge is 0.355 e. The summed E-state index contributed by atoms with van der Waals surface area (Å²) < 4.78 is 0. The summed E-state index contributed by atoms with van der Waals surface area (Å²) in [6, 6.07) is 31.7. The molecule has 2 N–H and O–H groups in total. The highest BCUT2D eigenvalue weighted by Gasteiger charge is 2.02. The molecule has 6 rings (SSSR count). The molecule has 2 aromatic heterocycles. The number of rotatable bonds is 0. The number of nitrogens with one attached hydrogen (secondary N) is 2. The van der Waals surface area contributed by atoms with Crippen LogP contribution in [-0.2, 0) is 0 Å². The molecular formula is C25H20N2. The van der Waals surface area contributed by atoms with Crippen LogP contribution in [-0.4, -0.2) is 9.97 Å². The first-order valence-corrected chi connectivity index (χ1v) is 9.22. The fraction of sp³-hybridized carbons (Fsp3) is 0.0400. The quantitative estimate of drug-likeness (QED) is 0.298. The van der Waals surface area contributed by atoms with E-state index in [1.165, 1.54) is 49.2 Å². The predicted octanol–water partition coefficient (Wildman–Crippen LogP) is 6.95. The molecule has 0 radical (unpaired) electrons. The second-order valence-electron chi connectivity index (χ2n) is 6.94. The van der Waals surface area contributed by atoms with Crippen molar-refractivity contribution in [1.29, 1.82) is 0 Å². The fourth-order valence-corrected chi connectivity index (χ4v) is 3.76. The normalized spacial score (nSPS) is 11.1. The van der Waals surface area contributed by atoms with Crippen molar-refractivity contribution in [3.8, 4) is 0 Å². The maximum atomic E-state index is 3.41. The lowest BCUT2D eigenvalue weighted by Gasteiger charge is -1.92. The molecule has 130 valence electrons. The second kappa shape index (κ2) is 6.33. The fourth-order valence-electron chi connectivity index (χ4n) is 3.76. The zero-order valence-electron chi connectivity index (χ0n) is 15.2. The van der Waals surface area contributed by atoms with Crippen LogP contribution in [0.25, 0.3) is 43.6 Å². The molecule has 0 aliphatic rings. The van der Waals surface area contributed by atoms with Crippen molar-refractivity contribution in [2.24, 2.45) is 0 Å². The summed E-state index contributed by atoms with van der Waals surface area (Å²) in [4.78, 5) is 6.78. The SMILES string of the molecule is Cc1ccc2[nH]c3ccccc3c2c1.c1ccc2c(c1)[nH]c1ccccc12. The first-order valence-electron chi connectivity index (χ1n) is 9.22. The zero-order valence-corrected chi connectivity index (χ0v) is 15.2. The lowest BCUT2D eigenvalue weighted by molar-refractivity contribution is 1.49. The summed E-state index contributed by atoms with van der Waals surface area (Å²) in [5.74, 6) is 0. The second-order valence-corrected chi connectivity index (χ2v) is 6.94. The third kappa shape index (κ3) is 2.76. The Hall–Kier alpha value is -3.52. The zero-order chi connectivity index (χ0) is 18.2. The topological polar surface area (TPSA) is 31.6 Å². The first-order chi connectivity index (χ1) is 13.3. The average Bonchev–Trinajstić information content (AvgIpc) is 3.26. The number of aryl methyl sites for hydroxylation is 1. The lowest BCUT2D eigenvalue weighted by atomic mass is 10.1. The molecule has 0 atom stereocenters. The van der Waals surface area contributed by atoms with Gasteiger partial charge in [-0.3, -0.25) is 0 Å². The summed E-state index contributed by atoms with van der Waals surface area (Å²) in [5, 5.41) is 5.24. The van der Waals surface area contributed by atoms with E-state index in [0.29, 0.717) is 0 Å². The molecule has 0 bridgehead atoms. The third-order valence-corrected chi connectivity index (χ3v) is 5.08. The van der Waals surface area contributed by atoms with Gasteiger partial charge in [-0.25, -0.2) is 0 Å². The lowest BCUT2D eigenvalue weighted by Crippen LogP contribution is -1.70. The summed E-state index contributed by atoms with van der Waals surface area (Å²) in [5.41, 5.74) is 6.17. The van der Waals surface area contributed by atoms with Gasteiger partial charge in [0.15, 0.2) is 0 Å². The number of H-pyrrole nitrogens is 2. The van der Waals surface area contributed by atoms with Gasteiger partial charge in [-0.05, 0) is 37.3 Å². The van der Waals surface area contributed by atoms with Crippen LogP contribution in [0.4, 0.5) is 0 Å². The Morgan fingerprint density at radius 3 is 1.37 bits per heavy atom. The van der Waals surface area contributed by atoms with Crippen molar-refractivity contribution >= 4 is 43.6 Å². The molecule has 0 spiro atoms. The van der Waals surface area contributed by atoms with Gasteiger partial charge in [0.1, 0.15) is 0 Å². The summed E-state index contributed by atoms with van der Waals surface area (Å²) in [6.45, 7) is 2.13. The number of para-hydroxylation sites is 3. The number of fused-ring (bicyclic) bond motifs is 6. The van der Waals surface area contributed by atoms with E-state index < -0.39 is 0 Å². The summed E-state index contributed by atoms with van der Waals surface area (Å²) >= 11 is 0. The molecule has 0 saturated heterocycles. The van der Waals surface area contributed by atoms with Gasteiger partial charge in [0.2, 0.25) is 0 Å². The molecular weight excluding hydrogens is 328 g/mol. The minimum absolute atomic E-state index is 1.21. The van der Waals surface area contributed by atoms with E-state index in [1.807, 2.05) is 0 Å². The smallest absolute Gasteiger partial charge is 0.0465 e. The standard InChI is InChI=1S/C13H11N.C12H9N/c1-9-6-7-13-11(8-9)10-4-2-3-5-12(10)14-13;1-3-7-11-9(5-1)10-6-2-4-8-12(10)13-11/h2-8,14H,1H3;1-8,13H. The van der Waals surface area contributed by atoms with Crippen LogP contribution in [0.1, 0.15) is 5.56 Å². The van der Waals surface area contributed by atoms with Crippen LogP contribution < -0.4 is 0 Å². The van der Waals surface area contributed by atoms with E-state index in [4.69, 9.17) is 0 Å². The Balaban J connectivity index is 0.000000119. The Labute approximate surface area is 157 Å². The molecule has 4 aromatic carbocycles. The van der Waals surface area contributed by atoms with Crippen molar-refractivity contribution < 1.29 is 0 Å². The Morgan fingerprint density at radius 1 is 0.444 bits per heavy atom. The van der Waals surface area contributed by atoms with Gasteiger partial charge < -0.3 is 9.97 Å². The number of hydrogen-bond donors (Lipinski definition) is 2. The molecule has 2 nitrogen and oxygen atoms in total. The van der Waals surface area contributed by atoms with E-state index in [0.717, 1.165) is 0 Å². The molecule has 0 aliphatic heterocycles. The number of hydrogen-bond acceptors (Lipinski definition) is 0. The van der Waals surface area contributed by atoms with E-state index in [9.17, 15) is 0 Å². The molecule has 0 aliphatic carbocycles. The van der Waals surface area contributed by atoms with Crippen molar-refractivity contribution in [1.82, 2.24) is 9.97 Å². The first kappa shape index (κ1) is 15.7. The molecule has 27 heavy (non-hydrogen) atoms. The minimum Gasteiger partial charge on any atom is -0.355 e. The number of benzene rings is 4. The summed E-state index contributed by atoms with van der Waals surface area (Å²) in [7, 11) is 0. The van der Waals surface area contributed by atoms with Crippen molar-refractivity contribution in [2.75, 3.05) is 0 Å². The van der Waals surface area contributed by atoms with Gasteiger partial charge in [0.25, 0.3) is 0 Å². The number of aromatic nitrogens is 2. The highest BCUT2D eigenvalue weighted by molar-refractivity contribution is 6.07. The average molecular weight is 348 g/mol. The van der Waals surface area contributed by atoms with Crippen molar-refractivity contribution in [3.05, 3.63) is 96.6 Å². The highest BCUT2D eigenvalue weighted by atomic mass is 14.7. The van der Waals surface area contributed by atoms with E-state index in [1.54, 1.807) is 0 Å². The van der Waals surface area contributed by atoms with Crippen LogP contribution in [0.3, 0.4) is 0 Å². The van der Waals surface area contributed by atoms with Gasteiger partial charge in [0.05, 0.1) is 0 Å². The molecule has 0 unspecified atom stereocenters. The van der Waals surface area contributed by atoms with Gasteiger partial charge in [-0.15, -0.1) is 0 Å². The van der Waals surface area contributed by atoms with Crippen LogP contribution in [0, 0.1) is 6.92 Å². The summed E-state index contributed by atoms with van der Waals surface area (Å²) in [6.07, 6.45) is 0. The maximum absolute atomic E-state index is 3.41. The molecule has 6 aromatic rings. The highest BCUT2D eigenvalue weighted by Crippen LogP contribution is 2.26. The van der Waals surface area contributed by atoms with Gasteiger partial charge in [-0.2, -0.15) is 0 Å². The Kier molecular flexibility index (Phi) is 3.68. The van der Waals surface area contributed by atoms with Gasteiger partial charge >= 0.3 is 0 Å². The van der Waals surface area contributed by atoms with Crippen LogP contribution in [0.15, 0.2) is 91.0 Å². The Bertz CT molecular complexity index is 1340. The van der Waals surface area contributed by atoms with Gasteiger partial charge in [0, 0.05) is 43.6 Å². The van der Waals surface area contributed by atoms with Gasteiger partial charge in [-0.1, -0.05) is 66.2 Å². The van der Waals surface area contributed by atoms with Crippen LogP contribution in [0.5, 0.6) is 0 Å².